The fraction of sp³-hybridized carbons (Fsp3) is 0. The number of hydrogen-bond donors (Lipinski definition) is 2. The average molecular weight is 293 g/mol. The highest BCUT2D eigenvalue weighted by molar-refractivity contribution is 7.89. The Morgan fingerprint density at radius 1 is 1.00 bits per heavy atom. The van der Waals surface area contributed by atoms with Gasteiger partial charge in [-0.15, -0.1) is 0 Å². The lowest BCUT2D eigenvalue weighted by Gasteiger charge is -2.07. The normalized spacial score (nSPS) is 13.8. The van der Waals surface area contributed by atoms with Crippen LogP contribution in [0.15, 0.2) is 9.79 Å². The monoisotopic (exact) mass is 293 g/mol. The molecule has 0 radical (unpaired) electrons. The molecule has 1 unspecified atom stereocenters. The third kappa shape index (κ3) is 2.31. The van der Waals surface area contributed by atoms with Crippen LogP contribution in [0.1, 0.15) is 0 Å². The standard InChI is InChI=1S/C6H3F4NO4S2/c7-1-3(9)6(17(11,14)15)4(10)2(8)5(1)16(12)13/h(H,12,13)(H2,11,14,15). The topological polar surface area (TPSA) is 97.5 Å². The van der Waals surface area contributed by atoms with Crippen molar-refractivity contribution in [3.05, 3.63) is 23.3 Å². The lowest BCUT2D eigenvalue weighted by molar-refractivity contribution is 0.389. The Kier molecular flexibility index (Phi) is 3.57. The SMILES string of the molecule is NS(=O)(=O)c1c(F)c(F)c(S(=O)O)c(F)c1F. The highest BCUT2D eigenvalue weighted by atomic mass is 32.2. The van der Waals surface area contributed by atoms with Gasteiger partial charge in [0.1, 0.15) is 4.90 Å². The summed E-state index contributed by atoms with van der Waals surface area (Å²) in [5.41, 5.74) is 0. The number of halogens is 4. The lowest BCUT2D eigenvalue weighted by Crippen LogP contribution is -2.20. The van der Waals surface area contributed by atoms with E-state index in [1.165, 1.54) is 0 Å². The van der Waals surface area contributed by atoms with E-state index < -0.39 is 54.2 Å². The molecule has 17 heavy (non-hydrogen) atoms. The fourth-order valence-electron chi connectivity index (χ4n) is 0.995. The quantitative estimate of drug-likeness (QED) is 0.470. The van der Waals surface area contributed by atoms with Crippen LogP contribution >= 0.6 is 0 Å². The van der Waals surface area contributed by atoms with Crippen molar-refractivity contribution in [3.63, 3.8) is 0 Å². The lowest BCUT2D eigenvalue weighted by atomic mass is 10.3. The van der Waals surface area contributed by atoms with E-state index in [2.05, 4.69) is 5.14 Å². The van der Waals surface area contributed by atoms with Gasteiger partial charge >= 0.3 is 0 Å². The van der Waals surface area contributed by atoms with Gasteiger partial charge in [-0.3, -0.25) is 0 Å². The second kappa shape index (κ2) is 4.33. The van der Waals surface area contributed by atoms with Gasteiger partial charge in [-0.1, -0.05) is 0 Å². The molecule has 0 bridgehead atoms. The molecule has 0 aliphatic rings. The molecule has 96 valence electrons. The summed E-state index contributed by atoms with van der Waals surface area (Å²) in [6, 6.07) is 0. The molecule has 0 saturated heterocycles. The maximum absolute atomic E-state index is 13.1. The fourth-order valence-corrected chi connectivity index (χ4v) is 2.16. The number of benzene rings is 1. The zero-order chi connectivity index (χ0) is 13.5. The Balaban J connectivity index is 3.91. The minimum Gasteiger partial charge on any atom is -0.302 e. The Hall–Kier alpha value is -1.04. The summed E-state index contributed by atoms with van der Waals surface area (Å²) in [6.07, 6.45) is 0. The van der Waals surface area contributed by atoms with Crippen LogP contribution < -0.4 is 5.14 Å². The molecule has 0 spiro atoms. The summed E-state index contributed by atoms with van der Waals surface area (Å²) in [5, 5.41) is 4.34. The third-order valence-corrected chi connectivity index (χ3v) is 3.28. The maximum atomic E-state index is 13.1. The van der Waals surface area contributed by atoms with Crippen LogP contribution in [0.2, 0.25) is 0 Å². The van der Waals surface area contributed by atoms with E-state index in [9.17, 15) is 30.2 Å². The van der Waals surface area contributed by atoms with E-state index >= 15 is 0 Å². The molecule has 3 N–H and O–H groups in total. The van der Waals surface area contributed by atoms with Crippen LogP contribution in [0, 0.1) is 23.3 Å². The van der Waals surface area contributed by atoms with Gasteiger partial charge in [0.2, 0.25) is 10.0 Å². The van der Waals surface area contributed by atoms with E-state index in [0.29, 0.717) is 0 Å². The van der Waals surface area contributed by atoms with Crippen molar-refractivity contribution in [2.24, 2.45) is 5.14 Å². The second-order valence-corrected chi connectivity index (χ2v) is 5.11. The maximum Gasteiger partial charge on any atom is 0.244 e. The largest absolute Gasteiger partial charge is 0.302 e. The molecule has 1 atom stereocenters. The van der Waals surface area contributed by atoms with Crippen LogP contribution in [0.5, 0.6) is 0 Å². The summed E-state index contributed by atoms with van der Waals surface area (Å²) < 4.78 is 92.4. The number of nitrogens with two attached hydrogens (primary N) is 1. The summed E-state index contributed by atoms with van der Waals surface area (Å²) >= 11 is -3.37. The number of sulfonamides is 1. The van der Waals surface area contributed by atoms with E-state index in [1.54, 1.807) is 0 Å². The van der Waals surface area contributed by atoms with Gasteiger partial charge in [-0.05, 0) is 0 Å². The molecular weight excluding hydrogens is 290 g/mol. The van der Waals surface area contributed by atoms with Crippen LogP contribution in [-0.4, -0.2) is 17.2 Å². The predicted molar refractivity (Wildman–Crippen MR) is 46.7 cm³/mol. The summed E-state index contributed by atoms with van der Waals surface area (Å²) in [7, 11) is -5.06. The molecule has 1 aromatic carbocycles. The number of primary sulfonamides is 1. The van der Waals surface area contributed by atoms with Crippen LogP contribution in [0.25, 0.3) is 0 Å². The second-order valence-electron chi connectivity index (χ2n) is 2.71. The molecule has 0 heterocycles. The van der Waals surface area contributed by atoms with E-state index in [-0.39, 0.29) is 0 Å². The van der Waals surface area contributed by atoms with Crippen molar-refractivity contribution < 1.29 is 34.7 Å². The van der Waals surface area contributed by atoms with Gasteiger partial charge < -0.3 is 4.55 Å². The van der Waals surface area contributed by atoms with Crippen molar-refractivity contribution in [3.8, 4) is 0 Å². The van der Waals surface area contributed by atoms with Gasteiger partial charge in [0.15, 0.2) is 39.2 Å². The van der Waals surface area contributed by atoms with Gasteiger partial charge in [0.25, 0.3) is 0 Å². The Bertz CT molecular complexity index is 586. The molecule has 1 rings (SSSR count). The molecular formula is C6H3F4NO4S2. The summed E-state index contributed by atoms with van der Waals surface area (Å²) in [4.78, 5) is -3.87. The van der Waals surface area contributed by atoms with Crippen molar-refractivity contribution >= 4 is 21.1 Å². The van der Waals surface area contributed by atoms with Gasteiger partial charge in [-0.2, -0.15) is 0 Å². The Morgan fingerprint density at radius 3 is 1.59 bits per heavy atom. The van der Waals surface area contributed by atoms with Crippen molar-refractivity contribution in [2.75, 3.05) is 0 Å². The number of rotatable bonds is 2. The summed E-state index contributed by atoms with van der Waals surface area (Å²) in [6.45, 7) is 0. The van der Waals surface area contributed by atoms with Crippen molar-refractivity contribution in [1.82, 2.24) is 0 Å². The minimum absolute atomic E-state index is 1.83. The Labute approximate surface area is 94.6 Å². The first-order valence-corrected chi connectivity index (χ1v) is 6.24. The van der Waals surface area contributed by atoms with Gasteiger partial charge in [0, 0.05) is 0 Å². The Morgan fingerprint density at radius 2 is 1.35 bits per heavy atom. The average Bonchev–Trinajstić information content (AvgIpc) is 2.12. The van der Waals surface area contributed by atoms with Gasteiger partial charge in [0.05, 0.1) is 0 Å². The van der Waals surface area contributed by atoms with E-state index in [1.807, 2.05) is 0 Å². The smallest absolute Gasteiger partial charge is 0.244 e. The summed E-state index contributed by atoms with van der Waals surface area (Å²) in [5.74, 6) is -9.31. The van der Waals surface area contributed by atoms with Gasteiger partial charge in [-0.25, -0.2) is 35.3 Å². The van der Waals surface area contributed by atoms with Crippen LogP contribution in [-0.2, 0) is 21.1 Å². The van der Waals surface area contributed by atoms with E-state index in [4.69, 9.17) is 4.55 Å². The number of hydrogen-bond acceptors (Lipinski definition) is 3. The molecule has 0 fully saturated rings. The molecule has 0 aliphatic carbocycles. The highest BCUT2D eigenvalue weighted by Gasteiger charge is 2.33. The zero-order valence-corrected chi connectivity index (χ0v) is 9.21. The molecule has 0 aromatic heterocycles. The zero-order valence-electron chi connectivity index (χ0n) is 7.58. The van der Waals surface area contributed by atoms with Crippen molar-refractivity contribution in [1.29, 1.82) is 0 Å². The first-order valence-electron chi connectivity index (χ1n) is 3.58. The molecule has 0 aliphatic heterocycles. The molecule has 1 aromatic rings. The van der Waals surface area contributed by atoms with Crippen LogP contribution in [0.4, 0.5) is 17.6 Å². The van der Waals surface area contributed by atoms with Crippen LogP contribution in [0.3, 0.4) is 0 Å². The molecule has 11 heteroatoms. The predicted octanol–water partition coefficient (Wildman–Crippen LogP) is 0.471. The van der Waals surface area contributed by atoms with Crippen molar-refractivity contribution in [2.45, 2.75) is 9.79 Å². The van der Waals surface area contributed by atoms with E-state index in [0.717, 1.165) is 0 Å². The first kappa shape index (κ1) is 14.0. The third-order valence-electron chi connectivity index (χ3n) is 1.64. The highest BCUT2D eigenvalue weighted by Crippen LogP contribution is 2.28. The molecule has 0 amide bonds. The molecule has 0 saturated carbocycles. The molecule has 5 nitrogen and oxygen atoms in total. The first-order chi connectivity index (χ1) is 7.59. The minimum atomic E-state index is -5.06.